The van der Waals surface area contributed by atoms with Crippen LogP contribution >= 0.6 is 0 Å². The number of aromatic nitrogens is 2. The average molecular weight is 284 g/mol. The summed E-state index contributed by atoms with van der Waals surface area (Å²) in [6, 6.07) is 10.4. The van der Waals surface area contributed by atoms with Crippen LogP contribution < -0.4 is 10.2 Å². The lowest BCUT2D eigenvalue weighted by Crippen LogP contribution is -2.18. The van der Waals surface area contributed by atoms with Gasteiger partial charge in [0.25, 0.3) is 0 Å². The Bertz CT molecular complexity index is 629. The normalized spacial score (nSPS) is 13.3. The van der Waals surface area contributed by atoms with Gasteiger partial charge in [0.2, 0.25) is 5.95 Å². The number of para-hydroxylation sites is 1. The van der Waals surface area contributed by atoms with Crippen LogP contribution in [0.5, 0.6) is 0 Å². The number of ether oxygens (including phenoxy) is 1. The molecule has 1 aliphatic heterocycles. The third-order valence-electron chi connectivity index (χ3n) is 3.58. The SMILES string of the molecule is COCCNc1cc(C)nc(N2CCc3ccccc32)n1. The van der Waals surface area contributed by atoms with Gasteiger partial charge in [-0.15, -0.1) is 0 Å². The van der Waals surface area contributed by atoms with Crippen LogP contribution in [0.2, 0.25) is 0 Å². The molecule has 2 aromatic rings. The van der Waals surface area contributed by atoms with Crippen LogP contribution in [0.3, 0.4) is 0 Å². The summed E-state index contributed by atoms with van der Waals surface area (Å²) < 4.78 is 5.05. The Hall–Kier alpha value is -2.14. The first-order valence-corrected chi connectivity index (χ1v) is 7.22. The molecular formula is C16H20N4O. The maximum atomic E-state index is 5.05. The fraction of sp³-hybridized carbons (Fsp3) is 0.375. The van der Waals surface area contributed by atoms with Gasteiger partial charge in [0.05, 0.1) is 6.61 Å². The molecule has 1 N–H and O–H groups in total. The van der Waals surface area contributed by atoms with Gasteiger partial charge in [-0.1, -0.05) is 18.2 Å². The molecule has 1 aromatic carbocycles. The second kappa shape index (κ2) is 6.10. The van der Waals surface area contributed by atoms with E-state index in [1.807, 2.05) is 13.0 Å². The van der Waals surface area contributed by atoms with Crippen molar-refractivity contribution in [2.45, 2.75) is 13.3 Å². The largest absolute Gasteiger partial charge is 0.383 e. The Kier molecular flexibility index (Phi) is 4.01. The molecule has 0 fully saturated rings. The van der Waals surface area contributed by atoms with Crippen molar-refractivity contribution in [2.24, 2.45) is 0 Å². The third-order valence-corrected chi connectivity index (χ3v) is 3.58. The van der Waals surface area contributed by atoms with E-state index in [9.17, 15) is 0 Å². The lowest BCUT2D eigenvalue weighted by molar-refractivity contribution is 0.210. The molecule has 110 valence electrons. The van der Waals surface area contributed by atoms with Crippen molar-refractivity contribution in [1.82, 2.24) is 9.97 Å². The predicted octanol–water partition coefficient (Wildman–Crippen LogP) is 2.54. The minimum Gasteiger partial charge on any atom is -0.383 e. The van der Waals surface area contributed by atoms with Gasteiger partial charge >= 0.3 is 0 Å². The van der Waals surface area contributed by atoms with Crippen LogP contribution in [0.25, 0.3) is 0 Å². The molecule has 1 aromatic heterocycles. The molecule has 0 aliphatic carbocycles. The van der Waals surface area contributed by atoms with Gasteiger partial charge in [0, 0.05) is 37.6 Å². The van der Waals surface area contributed by atoms with Gasteiger partial charge in [-0.25, -0.2) is 4.98 Å². The molecule has 0 atom stereocenters. The lowest BCUT2D eigenvalue weighted by Gasteiger charge is -2.18. The molecule has 0 saturated heterocycles. The number of nitrogens with zero attached hydrogens (tertiary/aromatic N) is 3. The van der Waals surface area contributed by atoms with Gasteiger partial charge in [-0.2, -0.15) is 4.98 Å². The topological polar surface area (TPSA) is 50.3 Å². The van der Waals surface area contributed by atoms with E-state index in [4.69, 9.17) is 4.74 Å². The van der Waals surface area contributed by atoms with E-state index in [0.29, 0.717) is 6.61 Å². The minimum atomic E-state index is 0.658. The van der Waals surface area contributed by atoms with E-state index in [-0.39, 0.29) is 0 Å². The highest BCUT2D eigenvalue weighted by Crippen LogP contribution is 2.32. The summed E-state index contributed by atoms with van der Waals surface area (Å²) in [5.74, 6) is 1.61. The quantitative estimate of drug-likeness (QED) is 0.855. The number of benzene rings is 1. The Morgan fingerprint density at radius 2 is 2.14 bits per heavy atom. The molecular weight excluding hydrogens is 264 g/mol. The highest BCUT2D eigenvalue weighted by Gasteiger charge is 2.22. The summed E-state index contributed by atoms with van der Waals surface area (Å²) in [6.45, 7) is 4.32. The summed E-state index contributed by atoms with van der Waals surface area (Å²) >= 11 is 0. The first-order valence-electron chi connectivity index (χ1n) is 7.22. The van der Waals surface area contributed by atoms with E-state index in [1.54, 1.807) is 7.11 Å². The Balaban J connectivity index is 1.86. The highest BCUT2D eigenvalue weighted by atomic mass is 16.5. The van der Waals surface area contributed by atoms with E-state index >= 15 is 0 Å². The number of hydrogen-bond acceptors (Lipinski definition) is 5. The van der Waals surface area contributed by atoms with Crippen LogP contribution in [-0.4, -0.2) is 36.8 Å². The van der Waals surface area contributed by atoms with Crippen LogP contribution in [0.1, 0.15) is 11.3 Å². The molecule has 3 rings (SSSR count). The second-order valence-electron chi connectivity index (χ2n) is 5.14. The van der Waals surface area contributed by atoms with Crippen LogP contribution in [0, 0.1) is 6.92 Å². The molecule has 0 radical (unpaired) electrons. The summed E-state index contributed by atoms with van der Waals surface area (Å²) in [5.41, 5.74) is 3.53. The maximum Gasteiger partial charge on any atom is 0.232 e. The van der Waals surface area contributed by atoms with Crippen molar-refractivity contribution in [2.75, 3.05) is 37.0 Å². The summed E-state index contributed by atoms with van der Waals surface area (Å²) in [6.07, 6.45) is 1.04. The van der Waals surface area contributed by atoms with Crippen LogP contribution in [0.15, 0.2) is 30.3 Å². The molecule has 0 bridgehead atoms. The Labute approximate surface area is 125 Å². The van der Waals surface area contributed by atoms with Gasteiger partial charge in [-0.05, 0) is 25.0 Å². The van der Waals surface area contributed by atoms with Gasteiger partial charge in [0.15, 0.2) is 0 Å². The number of methoxy groups -OCH3 is 1. The fourth-order valence-corrected chi connectivity index (χ4v) is 2.59. The van der Waals surface area contributed by atoms with Gasteiger partial charge in [-0.3, -0.25) is 0 Å². The number of hydrogen-bond donors (Lipinski definition) is 1. The molecule has 0 unspecified atom stereocenters. The zero-order chi connectivity index (χ0) is 14.7. The highest BCUT2D eigenvalue weighted by molar-refractivity contribution is 5.66. The number of rotatable bonds is 5. The Morgan fingerprint density at radius 1 is 1.29 bits per heavy atom. The third kappa shape index (κ3) is 2.97. The summed E-state index contributed by atoms with van der Waals surface area (Å²) in [7, 11) is 1.69. The number of fused-ring (bicyclic) bond motifs is 1. The Morgan fingerprint density at radius 3 is 3.00 bits per heavy atom. The van der Waals surface area contributed by atoms with Crippen molar-refractivity contribution in [1.29, 1.82) is 0 Å². The molecule has 2 heterocycles. The molecule has 1 aliphatic rings. The minimum absolute atomic E-state index is 0.658. The van der Waals surface area contributed by atoms with E-state index in [2.05, 4.69) is 44.5 Å². The first kappa shape index (κ1) is 13.8. The van der Waals surface area contributed by atoms with Crippen LogP contribution in [0.4, 0.5) is 17.5 Å². The zero-order valence-electron chi connectivity index (χ0n) is 12.5. The summed E-state index contributed by atoms with van der Waals surface area (Å²) in [5, 5.41) is 3.27. The molecule has 5 heteroatoms. The first-order chi connectivity index (χ1) is 10.3. The molecule has 0 amide bonds. The van der Waals surface area contributed by atoms with Crippen molar-refractivity contribution >= 4 is 17.5 Å². The van der Waals surface area contributed by atoms with Gasteiger partial charge in [0.1, 0.15) is 5.82 Å². The second-order valence-corrected chi connectivity index (χ2v) is 5.14. The molecule has 21 heavy (non-hydrogen) atoms. The van der Waals surface area contributed by atoms with E-state index in [1.165, 1.54) is 11.3 Å². The smallest absolute Gasteiger partial charge is 0.232 e. The average Bonchev–Trinajstić information content (AvgIpc) is 2.91. The maximum absolute atomic E-state index is 5.05. The van der Waals surface area contributed by atoms with Crippen molar-refractivity contribution < 1.29 is 4.74 Å². The van der Waals surface area contributed by atoms with Crippen molar-refractivity contribution in [3.63, 3.8) is 0 Å². The molecule has 0 saturated carbocycles. The van der Waals surface area contributed by atoms with Crippen LogP contribution in [-0.2, 0) is 11.2 Å². The fourth-order valence-electron chi connectivity index (χ4n) is 2.59. The molecule has 0 spiro atoms. The van der Waals surface area contributed by atoms with Crippen molar-refractivity contribution in [3.05, 3.63) is 41.6 Å². The zero-order valence-corrected chi connectivity index (χ0v) is 12.5. The number of anilines is 3. The lowest BCUT2D eigenvalue weighted by atomic mass is 10.2. The number of aryl methyl sites for hydroxylation is 1. The van der Waals surface area contributed by atoms with E-state index in [0.717, 1.165) is 37.0 Å². The van der Waals surface area contributed by atoms with Gasteiger partial charge < -0.3 is 15.0 Å². The standard InChI is InChI=1S/C16H20N4O/c1-12-11-15(17-8-10-21-2)19-16(18-12)20-9-7-13-5-3-4-6-14(13)20/h3-6,11H,7-10H2,1-2H3,(H,17,18,19). The molecule has 5 nitrogen and oxygen atoms in total. The van der Waals surface area contributed by atoms with Crippen molar-refractivity contribution in [3.8, 4) is 0 Å². The number of nitrogens with one attached hydrogen (secondary N) is 1. The van der Waals surface area contributed by atoms with E-state index < -0.39 is 0 Å². The monoisotopic (exact) mass is 284 g/mol. The predicted molar refractivity (Wildman–Crippen MR) is 84.3 cm³/mol. The summed E-state index contributed by atoms with van der Waals surface area (Å²) in [4.78, 5) is 11.4.